The summed E-state index contributed by atoms with van der Waals surface area (Å²) in [6.07, 6.45) is 1.96. The van der Waals surface area contributed by atoms with Crippen LogP contribution in [0.1, 0.15) is 26.0 Å². The van der Waals surface area contributed by atoms with Crippen LogP contribution in [0.3, 0.4) is 0 Å². The van der Waals surface area contributed by atoms with Crippen molar-refractivity contribution in [3.05, 3.63) is 16.7 Å². The van der Waals surface area contributed by atoms with Gasteiger partial charge in [-0.3, -0.25) is 14.3 Å². The van der Waals surface area contributed by atoms with Crippen LogP contribution in [0.4, 0.5) is 5.95 Å². The number of nitrogens with zero attached hydrogens (tertiary/aromatic N) is 3. The average molecular weight is 351 g/mol. The maximum Gasteiger partial charge on any atom is 0.280 e. The van der Waals surface area contributed by atoms with Crippen molar-refractivity contribution < 1.29 is 19.3 Å². The van der Waals surface area contributed by atoms with Crippen LogP contribution >= 0.6 is 0 Å². The van der Waals surface area contributed by atoms with E-state index in [1.165, 1.54) is 6.33 Å². The molecule has 2 fully saturated rings. The van der Waals surface area contributed by atoms with Gasteiger partial charge in [-0.15, -0.1) is 0 Å². The molecule has 0 amide bonds. The monoisotopic (exact) mass is 351 g/mol. The number of nitrogen functional groups attached to an aromatic ring is 1. The van der Waals surface area contributed by atoms with Gasteiger partial charge in [0.2, 0.25) is 5.95 Å². The van der Waals surface area contributed by atoms with Gasteiger partial charge in [0, 0.05) is 6.61 Å². The van der Waals surface area contributed by atoms with Gasteiger partial charge in [-0.2, -0.15) is 4.98 Å². The van der Waals surface area contributed by atoms with E-state index in [0.717, 1.165) is 12.8 Å². The molecule has 4 atom stereocenters. The third-order valence-corrected chi connectivity index (χ3v) is 4.76. The van der Waals surface area contributed by atoms with Crippen LogP contribution < -0.4 is 11.3 Å². The fourth-order valence-corrected chi connectivity index (χ4v) is 3.47. The third-order valence-electron chi connectivity index (χ3n) is 4.76. The number of hydrogen-bond acceptors (Lipinski definition) is 8. The average Bonchev–Trinajstić information content (AvgIpc) is 3.25. The number of rotatable bonds is 6. The molecule has 1 unspecified atom stereocenters. The number of anilines is 1. The molecule has 10 nitrogen and oxygen atoms in total. The standard InChI is InChI=1S/C15H21N5O5/c1-2-3-4-23-10-9-13(25-15(10,5-21)6-24-9)20-7-17-8-11(20)18-14(16)19-12(8)22/h7,9-10,13,21H,2-6H2,1H3,(H3,16,18,19,22)/t9-,10?,13+,15-/m0/s1. The van der Waals surface area contributed by atoms with Gasteiger partial charge in [0.25, 0.3) is 5.56 Å². The highest BCUT2D eigenvalue weighted by Gasteiger charge is 2.63. The number of ether oxygens (including phenoxy) is 3. The number of aromatic nitrogens is 4. The molecule has 0 aliphatic carbocycles. The minimum Gasteiger partial charge on any atom is -0.393 e. The number of H-pyrrole nitrogens is 1. The summed E-state index contributed by atoms with van der Waals surface area (Å²) < 4.78 is 19.5. The van der Waals surface area contributed by atoms with Crippen LogP contribution in [0.2, 0.25) is 0 Å². The largest absolute Gasteiger partial charge is 0.393 e. The molecule has 0 radical (unpaired) electrons. The van der Waals surface area contributed by atoms with Crippen molar-refractivity contribution in [2.24, 2.45) is 0 Å². The first kappa shape index (κ1) is 16.5. The highest BCUT2D eigenvalue weighted by atomic mass is 16.7. The molecule has 4 N–H and O–H groups in total. The van der Waals surface area contributed by atoms with Crippen molar-refractivity contribution in [2.45, 2.75) is 43.8 Å². The first-order valence-corrected chi connectivity index (χ1v) is 8.34. The van der Waals surface area contributed by atoms with Crippen molar-refractivity contribution in [2.75, 3.05) is 25.6 Å². The molecule has 2 aromatic rings. The molecule has 0 aromatic carbocycles. The van der Waals surface area contributed by atoms with Gasteiger partial charge in [-0.05, 0) is 6.42 Å². The van der Waals surface area contributed by atoms with E-state index in [-0.39, 0.29) is 24.7 Å². The van der Waals surface area contributed by atoms with Crippen LogP contribution in [-0.4, -0.2) is 62.3 Å². The second-order valence-electron chi connectivity index (χ2n) is 6.43. The molecule has 2 aliphatic heterocycles. The molecule has 2 saturated heterocycles. The minimum atomic E-state index is -0.924. The molecule has 136 valence electrons. The third kappa shape index (κ3) is 2.44. The summed E-state index contributed by atoms with van der Waals surface area (Å²) in [6, 6.07) is 0. The van der Waals surface area contributed by atoms with Gasteiger partial charge < -0.3 is 25.1 Å². The summed E-state index contributed by atoms with van der Waals surface area (Å²) >= 11 is 0. The lowest BCUT2D eigenvalue weighted by molar-refractivity contribution is -0.186. The fraction of sp³-hybridized carbons (Fsp3) is 0.667. The lowest BCUT2D eigenvalue weighted by Gasteiger charge is -2.29. The lowest BCUT2D eigenvalue weighted by Crippen LogP contribution is -2.45. The highest BCUT2D eigenvalue weighted by molar-refractivity contribution is 5.70. The molecule has 2 aromatic heterocycles. The maximum absolute atomic E-state index is 12.0. The Labute approximate surface area is 142 Å². The quantitative estimate of drug-likeness (QED) is 0.595. The van der Waals surface area contributed by atoms with Gasteiger partial charge in [0.15, 0.2) is 17.4 Å². The van der Waals surface area contributed by atoms with Crippen molar-refractivity contribution in [3.63, 3.8) is 0 Å². The Kier molecular flexibility index (Phi) is 3.99. The number of hydrogen-bond donors (Lipinski definition) is 3. The Bertz CT molecular complexity index is 835. The Morgan fingerprint density at radius 3 is 3.20 bits per heavy atom. The molecule has 2 bridgehead atoms. The number of unbranched alkanes of at least 4 members (excludes halogenated alkanes) is 1. The van der Waals surface area contributed by atoms with E-state index in [0.29, 0.717) is 12.3 Å². The van der Waals surface area contributed by atoms with E-state index in [9.17, 15) is 9.90 Å². The highest BCUT2D eigenvalue weighted by Crippen LogP contribution is 2.46. The molecule has 2 aliphatic rings. The predicted molar refractivity (Wildman–Crippen MR) is 86.9 cm³/mol. The minimum absolute atomic E-state index is 0.00376. The van der Waals surface area contributed by atoms with E-state index in [4.69, 9.17) is 19.9 Å². The van der Waals surface area contributed by atoms with Gasteiger partial charge in [0.1, 0.15) is 17.8 Å². The number of nitrogens with one attached hydrogen (secondary N) is 1. The molecule has 4 heterocycles. The number of aliphatic hydroxyl groups excluding tert-OH is 1. The first-order chi connectivity index (χ1) is 12.1. The van der Waals surface area contributed by atoms with E-state index < -0.39 is 29.6 Å². The van der Waals surface area contributed by atoms with Gasteiger partial charge in [-0.25, -0.2) is 4.98 Å². The van der Waals surface area contributed by atoms with Crippen LogP contribution in [-0.2, 0) is 14.2 Å². The second kappa shape index (κ2) is 6.06. The number of aliphatic hydroxyl groups is 1. The molecule has 4 rings (SSSR count). The zero-order valence-electron chi connectivity index (χ0n) is 13.8. The zero-order valence-corrected chi connectivity index (χ0v) is 13.8. The van der Waals surface area contributed by atoms with E-state index in [1.807, 2.05) is 0 Å². The molecular formula is C15H21N5O5. The van der Waals surface area contributed by atoms with Crippen LogP contribution in [0.25, 0.3) is 11.2 Å². The van der Waals surface area contributed by atoms with Crippen LogP contribution in [0.5, 0.6) is 0 Å². The number of nitrogens with two attached hydrogens (primary N) is 1. The Balaban J connectivity index is 1.69. The summed E-state index contributed by atoms with van der Waals surface area (Å²) in [5.74, 6) is -0.00376. The molecule has 0 saturated carbocycles. The van der Waals surface area contributed by atoms with Gasteiger partial charge in [-0.1, -0.05) is 13.3 Å². The summed E-state index contributed by atoms with van der Waals surface area (Å²) in [4.78, 5) is 22.6. The molecular weight excluding hydrogens is 330 g/mol. The summed E-state index contributed by atoms with van der Waals surface area (Å²) in [5.41, 5.74) is 4.78. The van der Waals surface area contributed by atoms with Crippen LogP contribution in [0.15, 0.2) is 11.1 Å². The Morgan fingerprint density at radius 2 is 2.44 bits per heavy atom. The predicted octanol–water partition coefficient (Wildman–Crippen LogP) is -0.454. The second-order valence-corrected chi connectivity index (χ2v) is 6.43. The van der Waals surface area contributed by atoms with Gasteiger partial charge >= 0.3 is 0 Å². The van der Waals surface area contributed by atoms with Crippen molar-refractivity contribution in [3.8, 4) is 0 Å². The van der Waals surface area contributed by atoms with Crippen molar-refractivity contribution in [1.29, 1.82) is 0 Å². The van der Waals surface area contributed by atoms with E-state index in [1.54, 1.807) is 4.57 Å². The number of imidazole rings is 1. The van der Waals surface area contributed by atoms with Crippen molar-refractivity contribution >= 4 is 17.1 Å². The normalized spacial score (nSPS) is 31.2. The smallest absolute Gasteiger partial charge is 0.280 e. The SMILES string of the molecule is CCCCOC1[C@@H]2OC[C@]1(CO)O[C@H]2n1cnc2c(=O)[nH]c(N)nc21. The summed E-state index contributed by atoms with van der Waals surface area (Å²) in [5, 5.41) is 9.89. The Morgan fingerprint density at radius 1 is 1.60 bits per heavy atom. The molecule has 0 spiro atoms. The topological polar surface area (TPSA) is 138 Å². The maximum atomic E-state index is 12.0. The zero-order chi connectivity index (χ0) is 17.6. The molecule has 25 heavy (non-hydrogen) atoms. The van der Waals surface area contributed by atoms with Crippen LogP contribution in [0, 0.1) is 0 Å². The summed E-state index contributed by atoms with van der Waals surface area (Å²) in [7, 11) is 0. The van der Waals surface area contributed by atoms with E-state index >= 15 is 0 Å². The first-order valence-electron chi connectivity index (χ1n) is 8.34. The molecule has 10 heteroatoms. The Hall–Kier alpha value is -2.01. The lowest BCUT2D eigenvalue weighted by atomic mass is 10.00. The number of aromatic amines is 1. The summed E-state index contributed by atoms with van der Waals surface area (Å²) in [6.45, 7) is 2.67. The van der Waals surface area contributed by atoms with Gasteiger partial charge in [0.05, 0.1) is 19.5 Å². The van der Waals surface area contributed by atoms with Crippen molar-refractivity contribution in [1.82, 2.24) is 19.5 Å². The number of fused-ring (bicyclic) bond motifs is 3. The fourth-order valence-electron chi connectivity index (χ4n) is 3.47. The van der Waals surface area contributed by atoms with E-state index in [2.05, 4.69) is 21.9 Å².